The lowest BCUT2D eigenvalue weighted by Gasteiger charge is -2.35. The first-order chi connectivity index (χ1) is 18.6. The van der Waals surface area contributed by atoms with Gasteiger partial charge in [0.15, 0.2) is 0 Å². The molecule has 3 heterocycles. The van der Waals surface area contributed by atoms with Crippen molar-refractivity contribution >= 4 is 66.1 Å². The molecule has 0 amide bonds. The fourth-order valence-electron chi connectivity index (χ4n) is 6.82. The first kappa shape index (κ1) is 23.3. The Morgan fingerprint density at radius 1 is 0.692 bits per heavy atom. The van der Waals surface area contributed by atoms with E-state index >= 15 is 0 Å². The van der Waals surface area contributed by atoms with Crippen LogP contribution in [0.5, 0.6) is 11.5 Å². The monoisotopic (exact) mass is 522 g/mol. The van der Waals surface area contributed by atoms with Crippen molar-refractivity contribution in [1.29, 1.82) is 0 Å². The summed E-state index contributed by atoms with van der Waals surface area (Å²) in [4.78, 5) is 1.46. The van der Waals surface area contributed by atoms with Crippen LogP contribution in [0.2, 0.25) is 0 Å². The lowest BCUT2D eigenvalue weighted by Crippen LogP contribution is -2.57. The molecule has 2 aliphatic rings. The second-order valence-corrected chi connectivity index (χ2v) is 14.4. The number of rotatable bonds is 0. The van der Waals surface area contributed by atoms with Crippen molar-refractivity contribution in [1.82, 2.24) is 0 Å². The third-order valence-corrected chi connectivity index (χ3v) is 10.4. The molecule has 6 aromatic rings. The van der Waals surface area contributed by atoms with Crippen LogP contribution in [0.4, 0.5) is 0 Å². The molecule has 2 aliphatic heterocycles. The number of hydrogen-bond donors (Lipinski definition) is 0. The average Bonchev–Trinajstić information content (AvgIpc) is 3.32. The molecular formula is C36H31BOS. The van der Waals surface area contributed by atoms with Crippen molar-refractivity contribution < 1.29 is 4.74 Å². The third-order valence-electron chi connectivity index (χ3n) is 8.70. The van der Waals surface area contributed by atoms with E-state index in [0.717, 1.165) is 11.5 Å². The highest BCUT2D eigenvalue weighted by atomic mass is 32.1. The lowest BCUT2D eigenvalue weighted by atomic mass is 9.32. The minimum atomic E-state index is 0.00408. The molecule has 3 heteroatoms. The van der Waals surface area contributed by atoms with Crippen LogP contribution >= 0.6 is 11.3 Å². The van der Waals surface area contributed by atoms with Gasteiger partial charge in [-0.15, -0.1) is 11.3 Å². The molecule has 0 unspecified atom stereocenters. The quantitative estimate of drug-likeness (QED) is 0.182. The van der Waals surface area contributed by atoms with Crippen LogP contribution in [0.25, 0.3) is 42.8 Å². The molecule has 0 saturated heterocycles. The van der Waals surface area contributed by atoms with Gasteiger partial charge in [-0.3, -0.25) is 0 Å². The van der Waals surface area contributed by atoms with E-state index in [-0.39, 0.29) is 17.5 Å². The van der Waals surface area contributed by atoms with Crippen molar-refractivity contribution in [3.63, 3.8) is 0 Å². The molecule has 0 saturated carbocycles. The van der Waals surface area contributed by atoms with E-state index in [9.17, 15) is 0 Å². The molecule has 0 atom stereocenters. The predicted molar refractivity (Wildman–Crippen MR) is 171 cm³/mol. The highest BCUT2D eigenvalue weighted by Gasteiger charge is 2.43. The summed E-state index contributed by atoms with van der Waals surface area (Å²) < 4.78 is 8.40. The van der Waals surface area contributed by atoms with E-state index in [1.54, 1.807) is 0 Å². The predicted octanol–water partition coefficient (Wildman–Crippen LogP) is 8.41. The summed E-state index contributed by atoms with van der Waals surface area (Å²) >= 11 is 2.00. The van der Waals surface area contributed by atoms with Gasteiger partial charge in [-0.2, -0.15) is 0 Å². The Hall–Kier alpha value is -3.56. The largest absolute Gasteiger partial charge is 0.458 e. The van der Waals surface area contributed by atoms with Crippen LogP contribution < -0.4 is 21.1 Å². The maximum absolute atomic E-state index is 6.98. The van der Waals surface area contributed by atoms with Crippen molar-refractivity contribution in [2.24, 2.45) is 0 Å². The van der Waals surface area contributed by atoms with Gasteiger partial charge in [0.1, 0.15) is 11.5 Å². The summed E-state index contributed by atoms with van der Waals surface area (Å²) in [7, 11) is 0. The summed E-state index contributed by atoms with van der Waals surface area (Å²) in [5, 5.41) is 6.53. The molecule has 0 spiro atoms. The number of ether oxygens (including phenoxy) is 1. The van der Waals surface area contributed by atoms with Gasteiger partial charge in [0.25, 0.3) is 6.71 Å². The fourth-order valence-corrected chi connectivity index (χ4v) is 8.26. The standard InChI is InChI=1S/C36H31BOS/c1-35(2,3)22-18-25-29-30-27(17-21-12-8-10-14-24(21)33(30)39-34(29)36(4,5)6)37-26-16-15-20-11-7-9-13-23(20)32(26)38-28(19-22)31(25)37/h7-19H,1-6H3. The first-order valence-corrected chi connectivity index (χ1v) is 14.8. The molecule has 39 heavy (non-hydrogen) atoms. The molecule has 1 aromatic heterocycles. The Balaban J connectivity index is 1.60. The maximum atomic E-state index is 6.98. The van der Waals surface area contributed by atoms with E-state index < -0.39 is 0 Å². The molecule has 0 N–H and O–H groups in total. The zero-order valence-corrected chi connectivity index (χ0v) is 24.2. The van der Waals surface area contributed by atoms with Crippen molar-refractivity contribution in [2.75, 3.05) is 0 Å². The van der Waals surface area contributed by atoms with Crippen LogP contribution in [0.1, 0.15) is 52.0 Å². The molecule has 8 rings (SSSR count). The van der Waals surface area contributed by atoms with Gasteiger partial charge in [-0.05, 0) is 60.5 Å². The minimum absolute atomic E-state index is 0.00408. The Labute approximate surface area is 234 Å². The molecule has 190 valence electrons. The van der Waals surface area contributed by atoms with E-state index in [2.05, 4.69) is 120 Å². The highest BCUT2D eigenvalue weighted by Crippen LogP contribution is 2.50. The molecule has 0 radical (unpaired) electrons. The van der Waals surface area contributed by atoms with Crippen LogP contribution in [-0.2, 0) is 10.8 Å². The topological polar surface area (TPSA) is 9.23 Å². The van der Waals surface area contributed by atoms with Crippen LogP contribution in [0.15, 0.2) is 78.9 Å². The second kappa shape index (κ2) is 7.55. The van der Waals surface area contributed by atoms with E-state index in [1.165, 1.54) is 69.6 Å². The first-order valence-electron chi connectivity index (χ1n) is 14.0. The van der Waals surface area contributed by atoms with Crippen LogP contribution in [0.3, 0.4) is 0 Å². The number of benzene rings is 5. The molecule has 0 fully saturated rings. The van der Waals surface area contributed by atoms with Crippen molar-refractivity contribution in [3.05, 3.63) is 89.3 Å². The smallest absolute Gasteiger partial charge is 0.252 e. The Morgan fingerprint density at radius 2 is 1.41 bits per heavy atom. The van der Waals surface area contributed by atoms with Gasteiger partial charge in [0.2, 0.25) is 0 Å². The number of fused-ring (bicyclic) bond motifs is 8. The second-order valence-electron chi connectivity index (χ2n) is 13.4. The minimum Gasteiger partial charge on any atom is -0.458 e. The summed E-state index contributed by atoms with van der Waals surface area (Å²) in [5.74, 6) is 2.03. The summed E-state index contributed by atoms with van der Waals surface area (Å²) in [5.41, 5.74) is 8.16. The maximum Gasteiger partial charge on any atom is 0.252 e. The molecular weight excluding hydrogens is 491 g/mol. The molecule has 0 bridgehead atoms. The zero-order chi connectivity index (χ0) is 26.8. The molecule has 1 nitrogen and oxygen atoms in total. The summed E-state index contributed by atoms with van der Waals surface area (Å²) in [6.07, 6.45) is 0. The molecule has 5 aromatic carbocycles. The summed E-state index contributed by atoms with van der Waals surface area (Å²) in [6.45, 7) is 14.1. The van der Waals surface area contributed by atoms with Crippen molar-refractivity contribution in [2.45, 2.75) is 52.4 Å². The van der Waals surface area contributed by atoms with Crippen LogP contribution in [-0.4, -0.2) is 6.71 Å². The third kappa shape index (κ3) is 3.14. The number of thiophene rings is 1. The normalized spacial score (nSPS) is 14.1. The van der Waals surface area contributed by atoms with Crippen LogP contribution in [0, 0.1) is 0 Å². The van der Waals surface area contributed by atoms with E-state index in [1.807, 2.05) is 11.3 Å². The van der Waals surface area contributed by atoms with E-state index in [0.29, 0.717) is 0 Å². The van der Waals surface area contributed by atoms with Gasteiger partial charge in [0.05, 0.1) is 0 Å². The van der Waals surface area contributed by atoms with Gasteiger partial charge < -0.3 is 4.74 Å². The van der Waals surface area contributed by atoms with Gasteiger partial charge in [-0.1, -0.05) is 120 Å². The zero-order valence-electron chi connectivity index (χ0n) is 23.4. The van der Waals surface area contributed by atoms with Gasteiger partial charge >= 0.3 is 0 Å². The molecule has 0 aliphatic carbocycles. The van der Waals surface area contributed by atoms with Crippen molar-refractivity contribution in [3.8, 4) is 22.6 Å². The average molecular weight is 523 g/mol. The highest BCUT2D eigenvalue weighted by molar-refractivity contribution is 7.21. The Bertz CT molecular complexity index is 2020. The van der Waals surface area contributed by atoms with Gasteiger partial charge in [-0.25, -0.2) is 0 Å². The Kier molecular flexibility index (Phi) is 4.52. The summed E-state index contributed by atoms with van der Waals surface area (Å²) in [6, 6.07) is 29.4. The van der Waals surface area contributed by atoms with E-state index in [4.69, 9.17) is 4.74 Å². The van der Waals surface area contributed by atoms with Gasteiger partial charge in [0, 0.05) is 20.5 Å². The SMILES string of the molecule is CC(C)(C)c1cc2c3c(c1)-c1c(C(C)(C)C)sc4c1c(cc1ccccc14)B3c1ccc3ccccc3c1O2. The number of hydrogen-bond acceptors (Lipinski definition) is 2. The lowest BCUT2D eigenvalue weighted by molar-refractivity contribution is 0.488. The Morgan fingerprint density at radius 3 is 2.15 bits per heavy atom. The fraction of sp³-hybridized carbons (Fsp3) is 0.222.